The highest BCUT2D eigenvalue weighted by Gasteiger charge is 2.12. The standard InChI is InChI=1S/C23H21N3O/c1-16-25-21-13-7-12-20(18-9-4-3-5-10-18)22(21)23(26-16)24-15-17-8-6-11-19(14-17)27-2/h3-14H,15H2,1-2H3,(H,24,25,26). The van der Waals surface area contributed by atoms with E-state index in [-0.39, 0.29) is 0 Å². The Kier molecular flexibility index (Phi) is 4.71. The Balaban J connectivity index is 1.77. The topological polar surface area (TPSA) is 47.0 Å². The van der Waals surface area contributed by atoms with Crippen molar-refractivity contribution in [2.75, 3.05) is 12.4 Å². The Bertz CT molecular complexity index is 1080. The molecule has 1 heterocycles. The molecule has 1 N–H and O–H groups in total. The van der Waals surface area contributed by atoms with Gasteiger partial charge in [-0.05, 0) is 41.8 Å². The minimum Gasteiger partial charge on any atom is -0.497 e. The van der Waals surface area contributed by atoms with Crippen LogP contribution >= 0.6 is 0 Å². The largest absolute Gasteiger partial charge is 0.497 e. The highest BCUT2D eigenvalue weighted by Crippen LogP contribution is 2.32. The number of rotatable bonds is 5. The predicted molar refractivity (Wildman–Crippen MR) is 110 cm³/mol. The van der Waals surface area contributed by atoms with E-state index >= 15 is 0 Å². The van der Waals surface area contributed by atoms with E-state index in [4.69, 9.17) is 9.72 Å². The Hall–Kier alpha value is -3.40. The molecule has 0 saturated heterocycles. The molecule has 0 amide bonds. The van der Waals surface area contributed by atoms with Gasteiger partial charge in [0.25, 0.3) is 0 Å². The summed E-state index contributed by atoms with van der Waals surface area (Å²) in [6, 6.07) is 24.6. The molecule has 0 unspecified atom stereocenters. The van der Waals surface area contributed by atoms with E-state index in [0.29, 0.717) is 6.54 Å². The van der Waals surface area contributed by atoms with E-state index in [1.807, 2.05) is 55.5 Å². The van der Waals surface area contributed by atoms with Crippen LogP contribution in [0, 0.1) is 6.92 Å². The average Bonchev–Trinajstić information content (AvgIpc) is 2.72. The van der Waals surface area contributed by atoms with E-state index in [0.717, 1.165) is 45.0 Å². The van der Waals surface area contributed by atoms with Crippen LogP contribution in [0.25, 0.3) is 22.0 Å². The number of hydrogen-bond donors (Lipinski definition) is 1. The lowest BCUT2D eigenvalue weighted by Crippen LogP contribution is -2.05. The molecule has 0 atom stereocenters. The van der Waals surface area contributed by atoms with Gasteiger partial charge in [-0.15, -0.1) is 0 Å². The second-order valence-electron chi connectivity index (χ2n) is 6.39. The first kappa shape index (κ1) is 17.0. The number of hydrogen-bond acceptors (Lipinski definition) is 4. The van der Waals surface area contributed by atoms with Crippen molar-refractivity contribution in [1.29, 1.82) is 0 Å². The van der Waals surface area contributed by atoms with Crippen molar-refractivity contribution in [2.24, 2.45) is 0 Å². The van der Waals surface area contributed by atoms with Crippen LogP contribution in [-0.2, 0) is 6.54 Å². The monoisotopic (exact) mass is 355 g/mol. The van der Waals surface area contributed by atoms with Crippen LogP contribution in [0.15, 0.2) is 72.8 Å². The van der Waals surface area contributed by atoms with Gasteiger partial charge in [-0.2, -0.15) is 0 Å². The molecule has 0 aliphatic carbocycles. The van der Waals surface area contributed by atoms with Crippen LogP contribution in [0.1, 0.15) is 11.4 Å². The second-order valence-corrected chi connectivity index (χ2v) is 6.39. The zero-order chi connectivity index (χ0) is 18.6. The van der Waals surface area contributed by atoms with Crippen LogP contribution in [0.2, 0.25) is 0 Å². The van der Waals surface area contributed by atoms with Crippen molar-refractivity contribution in [3.05, 3.63) is 84.2 Å². The lowest BCUT2D eigenvalue weighted by molar-refractivity contribution is 0.414. The molecule has 0 aliphatic rings. The van der Waals surface area contributed by atoms with E-state index in [2.05, 4.69) is 34.6 Å². The molecule has 4 nitrogen and oxygen atoms in total. The molecule has 0 bridgehead atoms. The van der Waals surface area contributed by atoms with Gasteiger partial charge in [0.15, 0.2) is 0 Å². The molecule has 134 valence electrons. The Morgan fingerprint density at radius 3 is 2.52 bits per heavy atom. The third kappa shape index (κ3) is 3.60. The molecule has 0 fully saturated rings. The van der Waals surface area contributed by atoms with Crippen LogP contribution in [0.5, 0.6) is 5.75 Å². The number of methoxy groups -OCH3 is 1. The van der Waals surface area contributed by atoms with Crippen LogP contribution in [-0.4, -0.2) is 17.1 Å². The predicted octanol–water partition coefficient (Wildman–Crippen LogP) is 5.23. The first-order valence-electron chi connectivity index (χ1n) is 8.94. The van der Waals surface area contributed by atoms with Crippen molar-refractivity contribution in [1.82, 2.24) is 9.97 Å². The maximum absolute atomic E-state index is 5.32. The van der Waals surface area contributed by atoms with Crippen LogP contribution < -0.4 is 10.1 Å². The normalized spacial score (nSPS) is 10.7. The molecule has 0 aliphatic heterocycles. The molecule has 0 saturated carbocycles. The number of fused-ring (bicyclic) bond motifs is 1. The highest BCUT2D eigenvalue weighted by molar-refractivity contribution is 6.01. The fraction of sp³-hybridized carbons (Fsp3) is 0.130. The lowest BCUT2D eigenvalue weighted by Gasteiger charge is -2.14. The van der Waals surface area contributed by atoms with Gasteiger partial charge in [0.05, 0.1) is 18.0 Å². The summed E-state index contributed by atoms with van der Waals surface area (Å²) >= 11 is 0. The minimum atomic E-state index is 0.659. The molecular weight excluding hydrogens is 334 g/mol. The van der Waals surface area contributed by atoms with E-state index in [1.54, 1.807) is 7.11 Å². The molecule has 1 aromatic heterocycles. The van der Waals surface area contributed by atoms with Gasteiger partial charge in [0.2, 0.25) is 0 Å². The quantitative estimate of drug-likeness (QED) is 0.533. The zero-order valence-electron chi connectivity index (χ0n) is 15.4. The highest BCUT2D eigenvalue weighted by atomic mass is 16.5. The number of nitrogens with one attached hydrogen (secondary N) is 1. The first-order valence-corrected chi connectivity index (χ1v) is 8.94. The van der Waals surface area contributed by atoms with E-state index < -0.39 is 0 Å². The van der Waals surface area contributed by atoms with Gasteiger partial charge >= 0.3 is 0 Å². The Labute approximate surface area is 158 Å². The summed E-state index contributed by atoms with van der Waals surface area (Å²) in [7, 11) is 1.68. The van der Waals surface area contributed by atoms with Crippen molar-refractivity contribution in [3.8, 4) is 16.9 Å². The number of aryl methyl sites for hydroxylation is 1. The van der Waals surface area contributed by atoms with Crippen LogP contribution in [0.3, 0.4) is 0 Å². The van der Waals surface area contributed by atoms with Gasteiger partial charge in [-0.3, -0.25) is 0 Å². The van der Waals surface area contributed by atoms with Crippen LogP contribution in [0.4, 0.5) is 5.82 Å². The third-order valence-electron chi connectivity index (χ3n) is 4.51. The number of aromatic nitrogens is 2. The second kappa shape index (κ2) is 7.46. The molecule has 4 aromatic rings. The van der Waals surface area contributed by atoms with Crippen molar-refractivity contribution in [3.63, 3.8) is 0 Å². The summed E-state index contributed by atoms with van der Waals surface area (Å²) in [4.78, 5) is 9.33. The molecule has 4 rings (SSSR count). The van der Waals surface area contributed by atoms with Crippen molar-refractivity contribution in [2.45, 2.75) is 13.5 Å². The molecule has 4 heteroatoms. The summed E-state index contributed by atoms with van der Waals surface area (Å²) in [6.45, 7) is 2.58. The van der Waals surface area contributed by atoms with Gasteiger partial charge in [-0.25, -0.2) is 9.97 Å². The summed E-state index contributed by atoms with van der Waals surface area (Å²) in [6.07, 6.45) is 0. The summed E-state index contributed by atoms with van der Waals surface area (Å²) in [5, 5.41) is 4.54. The zero-order valence-corrected chi connectivity index (χ0v) is 15.4. The number of benzene rings is 3. The van der Waals surface area contributed by atoms with Crippen molar-refractivity contribution < 1.29 is 4.74 Å². The molecule has 0 radical (unpaired) electrons. The number of ether oxygens (including phenoxy) is 1. The summed E-state index contributed by atoms with van der Waals surface area (Å²) < 4.78 is 5.32. The fourth-order valence-corrected chi connectivity index (χ4v) is 3.25. The maximum atomic E-state index is 5.32. The van der Waals surface area contributed by atoms with Gasteiger partial charge < -0.3 is 10.1 Å². The maximum Gasteiger partial charge on any atom is 0.138 e. The molecule has 0 spiro atoms. The SMILES string of the molecule is COc1cccc(CNc2nc(C)nc3cccc(-c4ccccc4)c23)c1. The van der Waals surface area contributed by atoms with Gasteiger partial charge in [0, 0.05) is 6.54 Å². The van der Waals surface area contributed by atoms with Gasteiger partial charge in [0.1, 0.15) is 17.4 Å². The lowest BCUT2D eigenvalue weighted by atomic mass is 10.0. The van der Waals surface area contributed by atoms with Crippen molar-refractivity contribution >= 4 is 16.7 Å². The van der Waals surface area contributed by atoms with E-state index in [9.17, 15) is 0 Å². The fourth-order valence-electron chi connectivity index (χ4n) is 3.25. The molecular formula is C23H21N3O. The summed E-state index contributed by atoms with van der Waals surface area (Å²) in [5.74, 6) is 2.45. The Morgan fingerprint density at radius 1 is 0.889 bits per heavy atom. The first-order chi connectivity index (χ1) is 13.2. The number of nitrogens with zero attached hydrogens (tertiary/aromatic N) is 2. The third-order valence-corrected chi connectivity index (χ3v) is 4.51. The number of anilines is 1. The average molecular weight is 355 g/mol. The van der Waals surface area contributed by atoms with Gasteiger partial charge in [-0.1, -0.05) is 54.6 Å². The van der Waals surface area contributed by atoms with E-state index in [1.165, 1.54) is 0 Å². The minimum absolute atomic E-state index is 0.659. The summed E-state index contributed by atoms with van der Waals surface area (Å²) in [5.41, 5.74) is 4.36. The molecule has 3 aromatic carbocycles. The smallest absolute Gasteiger partial charge is 0.138 e. The molecule has 27 heavy (non-hydrogen) atoms. The Morgan fingerprint density at radius 2 is 1.70 bits per heavy atom.